The van der Waals surface area contributed by atoms with Crippen LogP contribution in [0.3, 0.4) is 0 Å². The van der Waals surface area contributed by atoms with Crippen LogP contribution >= 0.6 is 37.6 Å². The van der Waals surface area contributed by atoms with Gasteiger partial charge in [0.15, 0.2) is 23.1 Å². The van der Waals surface area contributed by atoms with E-state index in [2.05, 4.69) is 37.6 Å². The van der Waals surface area contributed by atoms with Crippen molar-refractivity contribution in [3.05, 3.63) is 117 Å². The van der Waals surface area contributed by atoms with Crippen molar-refractivity contribution in [1.29, 1.82) is 0 Å². The van der Waals surface area contributed by atoms with E-state index in [1.165, 1.54) is 0 Å². The standard InChI is InChI=1S/C28H20N2O4P4/c31-25-15-5-1-3-7-17(15)27(33)23-19(29(35)36)11-9-13(21(23)25)14-10-12-20(30(37)38)24-22(14)26(32)16-6-2-4-8-18(16)28(24)34/h1-12H,35-38H2. The maximum Gasteiger partial charge on any atom is 0.196 e. The van der Waals surface area contributed by atoms with Crippen LogP contribution in [0, 0.1) is 0 Å². The summed E-state index contributed by atoms with van der Waals surface area (Å²) in [6.07, 6.45) is 0. The summed E-state index contributed by atoms with van der Waals surface area (Å²) in [5.74, 6) is -1.17. The zero-order valence-corrected chi connectivity index (χ0v) is 24.4. The maximum atomic E-state index is 14.0. The van der Waals surface area contributed by atoms with Crippen LogP contribution < -0.4 is 8.88 Å². The number of carbonyl (C=O) groups excluding carboxylic acids is 4. The summed E-state index contributed by atoms with van der Waals surface area (Å²) < 4.78 is 3.26. The molecule has 0 fully saturated rings. The first-order valence-electron chi connectivity index (χ1n) is 11.5. The fourth-order valence-corrected chi connectivity index (χ4v) is 6.15. The Morgan fingerprint density at radius 2 is 0.658 bits per heavy atom. The monoisotopic (exact) mass is 572 g/mol. The predicted octanol–water partition coefficient (Wildman–Crippen LogP) is 5.68. The number of benzene rings is 4. The Kier molecular flexibility index (Phi) is 6.14. The van der Waals surface area contributed by atoms with Gasteiger partial charge in [-0.2, -0.15) is 0 Å². The molecule has 0 spiro atoms. The van der Waals surface area contributed by atoms with Gasteiger partial charge in [0, 0.05) is 33.4 Å². The molecule has 38 heavy (non-hydrogen) atoms. The van der Waals surface area contributed by atoms with E-state index >= 15 is 0 Å². The van der Waals surface area contributed by atoms with Crippen LogP contribution in [-0.4, -0.2) is 23.1 Å². The van der Waals surface area contributed by atoms with E-state index < -0.39 is 0 Å². The number of fused-ring (bicyclic) bond motifs is 4. The van der Waals surface area contributed by atoms with Gasteiger partial charge < -0.3 is 8.88 Å². The van der Waals surface area contributed by atoms with Crippen molar-refractivity contribution >= 4 is 72.1 Å². The molecule has 10 heteroatoms. The summed E-state index contributed by atoms with van der Waals surface area (Å²) >= 11 is 0. The highest BCUT2D eigenvalue weighted by Crippen LogP contribution is 2.46. The minimum Gasteiger partial charge on any atom is -0.340 e. The summed E-state index contributed by atoms with van der Waals surface area (Å²) in [7, 11) is 9.95. The van der Waals surface area contributed by atoms with Gasteiger partial charge in [0.05, 0.1) is 22.5 Å². The molecule has 4 aromatic carbocycles. The van der Waals surface area contributed by atoms with Crippen molar-refractivity contribution < 1.29 is 19.2 Å². The first-order chi connectivity index (χ1) is 18.2. The third-order valence-electron chi connectivity index (χ3n) is 6.95. The largest absolute Gasteiger partial charge is 0.340 e. The molecule has 0 N–H and O–H groups in total. The van der Waals surface area contributed by atoms with Crippen LogP contribution in [0.2, 0.25) is 0 Å². The maximum absolute atomic E-state index is 14.0. The number of hydrogen-bond acceptors (Lipinski definition) is 6. The fourth-order valence-electron chi connectivity index (χ4n) is 5.29. The van der Waals surface area contributed by atoms with E-state index in [-0.39, 0.29) is 45.4 Å². The molecule has 0 saturated carbocycles. The zero-order chi connectivity index (χ0) is 26.9. The molecular weight excluding hydrogens is 552 g/mol. The molecule has 0 aliphatic heterocycles. The van der Waals surface area contributed by atoms with Gasteiger partial charge in [-0.15, -0.1) is 0 Å². The average Bonchev–Trinajstić information content (AvgIpc) is 2.93. The van der Waals surface area contributed by atoms with E-state index in [1.54, 1.807) is 81.7 Å². The van der Waals surface area contributed by atoms with Crippen molar-refractivity contribution in [3.8, 4) is 11.1 Å². The van der Waals surface area contributed by atoms with Gasteiger partial charge in [-0.25, -0.2) is 0 Å². The molecule has 6 nitrogen and oxygen atoms in total. The van der Waals surface area contributed by atoms with E-state index in [0.717, 1.165) is 0 Å². The third-order valence-corrected chi connectivity index (χ3v) is 8.07. The topological polar surface area (TPSA) is 74.8 Å². The number of rotatable bonds is 3. The lowest BCUT2D eigenvalue weighted by Gasteiger charge is -2.28. The SMILES string of the molecule is O=C1c2ccccc2C(=O)c2c(N(P)P)ccc(-c3ccc(N(P)P)c4c3C(=O)c3ccccc3C4=O)c21. The number of anilines is 2. The summed E-state index contributed by atoms with van der Waals surface area (Å²) in [5.41, 5.74) is 4.13. The smallest absolute Gasteiger partial charge is 0.196 e. The Labute approximate surface area is 228 Å². The van der Waals surface area contributed by atoms with Crippen molar-refractivity contribution in [1.82, 2.24) is 0 Å². The van der Waals surface area contributed by atoms with E-state index in [0.29, 0.717) is 44.8 Å². The highest BCUT2D eigenvalue weighted by molar-refractivity contribution is 7.40. The van der Waals surface area contributed by atoms with Gasteiger partial charge >= 0.3 is 0 Å². The molecule has 4 atom stereocenters. The van der Waals surface area contributed by atoms with Crippen molar-refractivity contribution in [3.63, 3.8) is 0 Å². The lowest BCUT2D eigenvalue weighted by Crippen LogP contribution is -2.25. The molecule has 186 valence electrons. The third kappa shape index (κ3) is 3.56. The second-order valence-corrected chi connectivity index (χ2v) is 12.4. The van der Waals surface area contributed by atoms with Crippen molar-refractivity contribution in [2.45, 2.75) is 0 Å². The molecule has 0 aromatic heterocycles. The lowest BCUT2D eigenvalue weighted by molar-refractivity contribution is 0.0978. The van der Waals surface area contributed by atoms with Gasteiger partial charge in [-0.05, 0) is 60.8 Å². The second kappa shape index (κ2) is 9.26. The molecule has 4 unspecified atom stereocenters. The summed E-state index contributed by atoms with van der Waals surface area (Å²) in [6.45, 7) is 0. The minimum atomic E-state index is -0.310. The molecule has 0 saturated heterocycles. The summed E-state index contributed by atoms with van der Waals surface area (Å²) in [6, 6.07) is 20.4. The number of hydrogen-bond donors (Lipinski definition) is 0. The van der Waals surface area contributed by atoms with Crippen LogP contribution in [0.5, 0.6) is 0 Å². The van der Waals surface area contributed by atoms with Gasteiger partial charge in [-0.1, -0.05) is 60.7 Å². The highest BCUT2D eigenvalue weighted by Gasteiger charge is 2.38. The van der Waals surface area contributed by atoms with Gasteiger partial charge in [0.25, 0.3) is 0 Å². The first kappa shape index (κ1) is 25.2. The van der Waals surface area contributed by atoms with Crippen molar-refractivity contribution in [2.75, 3.05) is 8.88 Å². The van der Waals surface area contributed by atoms with Crippen LogP contribution in [0.25, 0.3) is 11.1 Å². The number of carbonyl (C=O) groups is 4. The molecular formula is C28H20N2O4P4. The molecule has 2 aliphatic rings. The van der Waals surface area contributed by atoms with Crippen LogP contribution in [0.1, 0.15) is 63.7 Å². The molecule has 2 aliphatic carbocycles. The second-order valence-electron chi connectivity index (χ2n) is 8.99. The normalized spacial score (nSPS) is 13.5. The highest BCUT2D eigenvalue weighted by atomic mass is 31.1. The number of nitrogens with zero attached hydrogens (tertiary/aromatic N) is 2. The van der Waals surface area contributed by atoms with Crippen LogP contribution in [0.15, 0.2) is 72.8 Å². The number of ketones is 4. The Morgan fingerprint density at radius 3 is 0.947 bits per heavy atom. The molecule has 0 radical (unpaired) electrons. The van der Waals surface area contributed by atoms with E-state index in [1.807, 2.05) is 0 Å². The van der Waals surface area contributed by atoms with E-state index in [4.69, 9.17) is 0 Å². The Bertz CT molecular complexity index is 1640. The zero-order valence-electron chi connectivity index (χ0n) is 19.8. The van der Waals surface area contributed by atoms with Gasteiger partial charge in [0.1, 0.15) is 0 Å². The first-order valence-corrected chi connectivity index (χ1v) is 13.6. The Morgan fingerprint density at radius 1 is 0.368 bits per heavy atom. The van der Waals surface area contributed by atoms with Gasteiger partial charge in [0.2, 0.25) is 0 Å². The minimum absolute atomic E-state index is 0.212. The molecule has 0 amide bonds. The summed E-state index contributed by atoms with van der Waals surface area (Å²) in [4.78, 5) is 55.4. The lowest BCUT2D eigenvalue weighted by atomic mass is 9.76. The molecule has 6 rings (SSSR count). The Balaban J connectivity index is 1.71. The summed E-state index contributed by atoms with van der Waals surface area (Å²) in [5, 5.41) is 0. The quantitative estimate of drug-likeness (QED) is 0.254. The van der Waals surface area contributed by atoms with E-state index in [9.17, 15) is 19.2 Å². The molecule has 0 heterocycles. The van der Waals surface area contributed by atoms with Gasteiger partial charge in [-0.3, -0.25) is 19.2 Å². The average molecular weight is 572 g/mol. The van der Waals surface area contributed by atoms with Crippen LogP contribution in [0.4, 0.5) is 11.4 Å². The van der Waals surface area contributed by atoms with Crippen molar-refractivity contribution in [2.24, 2.45) is 0 Å². The Hall–Kier alpha value is -3.12. The predicted molar refractivity (Wildman–Crippen MR) is 162 cm³/mol. The fraction of sp³-hybridized carbons (Fsp3) is 0. The van der Waals surface area contributed by atoms with Crippen LogP contribution in [-0.2, 0) is 0 Å². The molecule has 0 bridgehead atoms. The molecule has 4 aromatic rings.